The van der Waals surface area contributed by atoms with Crippen LogP contribution in [0.4, 0.5) is 0 Å². The standard InChI is InChI=1S/C23H36N2O2/c1-5-27-19-15-23(24,21(19,3)4)20(26)25-16-22(13-9-6-10-14-22)18-12-8-7-11-17(18)2/h7-8,11-12,19H,5-6,9-10,13-16,24H2,1-4H3,(H,25,26). The summed E-state index contributed by atoms with van der Waals surface area (Å²) in [4.78, 5) is 13.1. The molecule has 4 heteroatoms. The Kier molecular flexibility index (Phi) is 5.69. The Morgan fingerprint density at radius 3 is 2.48 bits per heavy atom. The molecule has 2 fully saturated rings. The molecule has 27 heavy (non-hydrogen) atoms. The van der Waals surface area contributed by atoms with Crippen LogP contribution in [0, 0.1) is 12.3 Å². The third-order valence-electron chi connectivity index (χ3n) is 7.35. The van der Waals surface area contributed by atoms with E-state index >= 15 is 0 Å². The number of benzene rings is 1. The summed E-state index contributed by atoms with van der Waals surface area (Å²) in [6.07, 6.45) is 6.62. The quantitative estimate of drug-likeness (QED) is 0.797. The number of amides is 1. The Bertz CT molecular complexity index is 679. The fraction of sp³-hybridized carbons (Fsp3) is 0.696. The van der Waals surface area contributed by atoms with E-state index in [1.165, 1.54) is 30.4 Å². The molecular weight excluding hydrogens is 336 g/mol. The SMILES string of the molecule is CCOC1CC(N)(C(=O)NCC2(c3ccccc3C)CCCCC2)C1(C)C. The summed E-state index contributed by atoms with van der Waals surface area (Å²) in [5.74, 6) is -0.0259. The minimum absolute atomic E-state index is 0.0259. The smallest absolute Gasteiger partial charge is 0.240 e. The number of carbonyl (C=O) groups is 1. The van der Waals surface area contributed by atoms with Crippen molar-refractivity contribution in [3.63, 3.8) is 0 Å². The molecule has 0 spiro atoms. The van der Waals surface area contributed by atoms with Crippen molar-refractivity contribution in [2.75, 3.05) is 13.2 Å². The van der Waals surface area contributed by atoms with Crippen LogP contribution >= 0.6 is 0 Å². The first-order valence-electron chi connectivity index (χ1n) is 10.5. The zero-order valence-electron chi connectivity index (χ0n) is 17.4. The lowest BCUT2D eigenvalue weighted by molar-refractivity contribution is -0.170. The summed E-state index contributed by atoms with van der Waals surface area (Å²) in [6, 6.07) is 8.63. The van der Waals surface area contributed by atoms with Crippen molar-refractivity contribution in [2.45, 2.75) is 83.3 Å². The van der Waals surface area contributed by atoms with E-state index in [-0.39, 0.29) is 22.8 Å². The van der Waals surface area contributed by atoms with Gasteiger partial charge in [-0.05, 0) is 37.8 Å². The summed E-state index contributed by atoms with van der Waals surface area (Å²) in [6.45, 7) is 9.59. The van der Waals surface area contributed by atoms with Crippen LogP contribution in [-0.4, -0.2) is 30.7 Å². The maximum atomic E-state index is 13.1. The van der Waals surface area contributed by atoms with Gasteiger partial charge in [0.2, 0.25) is 5.91 Å². The van der Waals surface area contributed by atoms with Gasteiger partial charge in [0.25, 0.3) is 0 Å². The molecule has 0 saturated heterocycles. The third-order valence-corrected chi connectivity index (χ3v) is 7.35. The van der Waals surface area contributed by atoms with E-state index < -0.39 is 5.54 Å². The van der Waals surface area contributed by atoms with E-state index in [0.29, 0.717) is 19.6 Å². The molecule has 2 aliphatic rings. The van der Waals surface area contributed by atoms with Gasteiger partial charge in [-0.25, -0.2) is 0 Å². The van der Waals surface area contributed by atoms with E-state index in [2.05, 4.69) is 36.5 Å². The largest absolute Gasteiger partial charge is 0.378 e. The first kappa shape index (κ1) is 20.3. The summed E-state index contributed by atoms with van der Waals surface area (Å²) in [5, 5.41) is 3.26. The number of ether oxygens (including phenoxy) is 1. The van der Waals surface area contributed by atoms with Crippen LogP contribution in [0.3, 0.4) is 0 Å². The van der Waals surface area contributed by atoms with Gasteiger partial charge >= 0.3 is 0 Å². The predicted molar refractivity (Wildman–Crippen MR) is 110 cm³/mol. The maximum absolute atomic E-state index is 13.1. The number of carbonyl (C=O) groups excluding carboxylic acids is 1. The second-order valence-corrected chi connectivity index (χ2v) is 9.18. The average Bonchev–Trinajstić information content (AvgIpc) is 2.66. The van der Waals surface area contributed by atoms with Crippen LogP contribution in [0.2, 0.25) is 0 Å². The number of nitrogens with two attached hydrogens (primary N) is 1. The third kappa shape index (κ3) is 3.42. The van der Waals surface area contributed by atoms with Crippen LogP contribution in [0.1, 0.15) is 70.4 Å². The predicted octanol–water partition coefficient (Wildman–Crippen LogP) is 3.85. The van der Waals surface area contributed by atoms with Crippen molar-refractivity contribution in [3.05, 3.63) is 35.4 Å². The monoisotopic (exact) mass is 372 g/mol. The van der Waals surface area contributed by atoms with Crippen molar-refractivity contribution < 1.29 is 9.53 Å². The second-order valence-electron chi connectivity index (χ2n) is 9.18. The summed E-state index contributed by atoms with van der Waals surface area (Å²) in [5.41, 5.74) is 8.11. The molecule has 0 bridgehead atoms. The lowest BCUT2D eigenvalue weighted by atomic mass is 9.54. The summed E-state index contributed by atoms with van der Waals surface area (Å²) in [7, 11) is 0. The van der Waals surface area contributed by atoms with E-state index in [9.17, 15) is 4.79 Å². The van der Waals surface area contributed by atoms with Gasteiger partial charge in [-0.15, -0.1) is 0 Å². The van der Waals surface area contributed by atoms with Gasteiger partial charge in [-0.1, -0.05) is 57.4 Å². The zero-order valence-corrected chi connectivity index (χ0v) is 17.4. The van der Waals surface area contributed by atoms with Crippen molar-refractivity contribution in [2.24, 2.45) is 11.1 Å². The molecule has 2 unspecified atom stereocenters. The molecule has 2 atom stereocenters. The van der Waals surface area contributed by atoms with Gasteiger partial charge < -0.3 is 15.8 Å². The number of nitrogens with one attached hydrogen (secondary N) is 1. The molecule has 150 valence electrons. The number of hydrogen-bond acceptors (Lipinski definition) is 3. The van der Waals surface area contributed by atoms with E-state index in [1.54, 1.807) is 0 Å². The van der Waals surface area contributed by atoms with Gasteiger partial charge in [-0.3, -0.25) is 4.79 Å². The normalized spacial score (nSPS) is 29.0. The Morgan fingerprint density at radius 1 is 1.22 bits per heavy atom. The molecule has 0 aliphatic heterocycles. The molecule has 1 aromatic carbocycles. The molecule has 0 heterocycles. The van der Waals surface area contributed by atoms with Crippen LogP contribution < -0.4 is 11.1 Å². The minimum atomic E-state index is -0.853. The van der Waals surface area contributed by atoms with Gasteiger partial charge in [0.05, 0.1) is 6.10 Å². The Hall–Kier alpha value is -1.39. The van der Waals surface area contributed by atoms with Gasteiger partial charge in [0, 0.05) is 30.4 Å². The molecule has 0 aromatic heterocycles. The number of hydrogen-bond donors (Lipinski definition) is 2. The molecule has 3 rings (SSSR count). The van der Waals surface area contributed by atoms with Crippen molar-refractivity contribution in [1.29, 1.82) is 0 Å². The van der Waals surface area contributed by atoms with E-state index in [4.69, 9.17) is 10.5 Å². The van der Waals surface area contributed by atoms with Crippen molar-refractivity contribution in [3.8, 4) is 0 Å². The number of rotatable bonds is 6. The topological polar surface area (TPSA) is 64.3 Å². The van der Waals surface area contributed by atoms with Gasteiger partial charge in [0.1, 0.15) is 5.54 Å². The molecule has 2 saturated carbocycles. The van der Waals surface area contributed by atoms with Crippen molar-refractivity contribution in [1.82, 2.24) is 5.32 Å². The summed E-state index contributed by atoms with van der Waals surface area (Å²) < 4.78 is 5.78. The fourth-order valence-electron chi connectivity index (χ4n) is 5.17. The first-order valence-corrected chi connectivity index (χ1v) is 10.5. The highest BCUT2D eigenvalue weighted by Gasteiger charge is 2.63. The highest BCUT2D eigenvalue weighted by atomic mass is 16.5. The van der Waals surface area contributed by atoms with E-state index in [1.807, 2.05) is 20.8 Å². The molecule has 1 aromatic rings. The van der Waals surface area contributed by atoms with E-state index in [0.717, 1.165) is 12.8 Å². The molecule has 4 nitrogen and oxygen atoms in total. The molecule has 1 amide bonds. The molecule has 3 N–H and O–H groups in total. The molecular formula is C23H36N2O2. The molecule has 2 aliphatic carbocycles. The minimum Gasteiger partial charge on any atom is -0.378 e. The highest BCUT2D eigenvalue weighted by Crippen LogP contribution is 2.50. The lowest BCUT2D eigenvalue weighted by Crippen LogP contribution is -2.76. The second kappa shape index (κ2) is 7.56. The Labute approximate surface area is 164 Å². The van der Waals surface area contributed by atoms with Crippen molar-refractivity contribution >= 4 is 5.91 Å². The van der Waals surface area contributed by atoms with Crippen LogP contribution in [0.15, 0.2) is 24.3 Å². The van der Waals surface area contributed by atoms with Crippen LogP contribution in [0.5, 0.6) is 0 Å². The highest BCUT2D eigenvalue weighted by molar-refractivity contribution is 5.89. The lowest BCUT2D eigenvalue weighted by Gasteiger charge is -2.57. The maximum Gasteiger partial charge on any atom is 0.240 e. The number of aryl methyl sites for hydroxylation is 1. The molecule has 0 radical (unpaired) electrons. The van der Waals surface area contributed by atoms with Crippen LogP contribution in [-0.2, 0) is 14.9 Å². The average molecular weight is 373 g/mol. The van der Waals surface area contributed by atoms with Gasteiger partial charge in [-0.2, -0.15) is 0 Å². The first-order chi connectivity index (χ1) is 12.8. The van der Waals surface area contributed by atoms with Crippen LogP contribution in [0.25, 0.3) is 0 Å². The Balaban J connectivity index is 1.75. The van der Waals surface area contributed by atoms with Gasteiger partial charge in [0.15, 0.2) is 0 Å². The Morgan fingerprint density at radius 2 is 1.89 bits per heavy atom. The summed E-state index contributed by atoms with van der Waals surface area (Å²) >= 11 is 0. The fourth-order valence-corrected chi connectivity index (χ4v) is 5.17. The zero-order chi connectivity index (χ0) is 19.7.